The zero-order chi connectivity index (χ0) is 43.6. The summed E-state index contributed by atoms with van der Waals surface area (Å²) in [5, 5.41) is 50.1. The number of allylic oxidation sites excluding steroid dienone is 4. The highest BCUT2D eigenvalue weighted by atomic mass is 31.2. The van der Waals surface area contributed by atoms with E-state index in [2.05, 4.69) is 38.2 Å². The number of rotatable bonds is 38. The van der Waals surface area contributed by atoms with E-state index < -0.39 is 75.7 Å². The average molecular weight is 863 g/mol. The van der Waals surface area contributed by atoms with Gasteiger partial charge in [0.1, 0.15) is 43.2 Å². The van der Waals surface area contributed by atoms with Gasteiger partial charge in [0.2, 0.25) is 0 Å². The molecule has 6 atom stereocenters. The predicted octanol–water partition coefficient (Wildman–Crippen LogP) is 8.84. The van der Waals surface area contributed by atoms with Gasteiger partial charge in [-0.3, -0.25) is 18.6 Å². The van der Waals surface area contributed by atoms with Gasteiger partial charge < -0.3 is 39.9 Å². The second-order valence-corrected chi connectivity index (χ2v) is 17.7. The number of aliphatic hydroxyl groups excluding tert-OH is 5. The van der Waals surface area contributed by atoms with Crippen molar-refractivity contribution in [2.45, 2.75) is 236 Å². The van der Waals surface area contributed by atoms with Gasteiger partial charge in [0.15, 0.2) is 6.10 Å². The number of unbranched alkanes of at least 4 members (excludes halogenated alkanes) is 22. The van der Waals surface area contributed by atoms with Crippen LogP contribution in [0.25, 0.3) is 0 Å². The molecular formula is C45H83O13P. The quantitative estimate of drug-likeness (QED) is 0.0149. The molecule has 0 amide bonds. The van der Waals surface area contributed by atoms with Crippen molar-refractivity contribution in [3.63, 3.8) is 0 Å². The van der Waals surface area contributed by atoms with E-state index in [9.17, 15) is 44.6 Å². The number of aliphatic hydroxyl groups is 5. The molecule has 1 aliphatic rings. The predicted molar refractivity (Wildman–Crippen MR) is 230 cm³/mol. The van der Waals surface area contributed by atoms with Crippen molar-refractivity contribution in [2.75, 3.05) is 13.2 Å². The molecule has 0 spiro atoms. The van der Waals surface area contributed by atoms with Gasteiger partial charge in [-0.05, 0) is 57.8 Å². The maximum atomic E-state index is 12.8. The van der Waals surface area contributed by atoms with E-state index in [1.807, 2.05) is 0 Å². The summed E-state index contributed by atoms with van der Waals surface area (Å²) in [6.07, 6.45) is 25.3. The Morgan fingerprint density at radius 3 is 1.34 bits per heavy atom. The van der Waals surface area contributed by atoms with Crippen molar-refractivity contribution in [3.8, 4) is 0 Å². The Labute approximate surface area is 356 Å². The van der Waals surface area contributed by atoms with Crippen LogP contribution in [-0.4, -0.2) is 98.3 Å². The van der Waals surface area contributed by atoms with Gasteiger partial charge in [-0.25, -0.2) is 4.57 Å². The summed E-state index contributed by atoms with van der Waals surface area (Å²) in [5.74, 6) is -1.11. The molecule has 0 bridgehead atoms. The van der Waals surface area contributed by atoms with E-state index in [0.717, 1.165) is 70.6 Å². The first kappa shape index (κ1) is 55.3. The number of phosphoric ester groups is 1. The molecule has 6 unspecified atom stereocenters. The lowest BCUT2D eigenvalue weighted by atomic mass is 9.85. The normalized spacial score (nSPS) is 22.5. The summed E-state index contributed by atoms with van der Waals surface area (Å²) >= 11 is 0. The smallest absolute Gasteiger partial charge is 0.462 e. The average Bonchev–Trinajstić information content (AvgIpc) is 3.21. The second-order valence-electron chi connectivity index (χ2n) is 16.3. The fraction of sp³-hybridized carbons (Fsp3) is 0.867. The first-order valence-corrected chi connectivity index (χ1v) is 24.6. The molecule has 0 radical (unpaired) electrons. The van der Waals surface area contributed by atoms with E-state index in [0.29, 0.717) is 12.8 Å². The van der Waals surface area contributed by atoms with Gasteiger partial charge >= 0.3 is 19.8 Å². The minimum Gasteiger partial charge on any atom is -0.462 e. The fourth-order valence-electron chi connectivity index (χ4n) is 6.97. The molecule has 0 saturated heterocycles. The van der Waals surface area contributed by atoms with Gasteiger partial charge in [-0.1, -0.05) is 147 Å². The minimum atomic E-state index is -5.11. The topological polar surface area (TPSA) is 210 Å². The fourth-order valence-corrected chi connectivity index (χ4v) is 7.94. The molecule has 59 heavy (non-hydrogen) atoms. The van der Waals surface area contributed by atoms with Gasteiger partial charge in [-0.2, -0.15) is 0 Å². The highest BCUT2D eigenvalue weighted by Gasteiger charge is 2.51. The van der Waals surface area contributed by atoms with Crippen LogP contribution in [0.5, 0.6) is 0 Å². The van der Waals surface area contributed by atoms with Gasteiger partial charge in [0.05, 0.1) is 6.61 Å². The lowest BCUT2D eigenvalue weighted by Gasteiger charge is -2.41. The minimum absolute atomic E-state index is 0.0944. The lowest BCUT2D eigenvalue weighted by Crippen LogP contribution is -2.64. The summed E-state index contributed by atoms with van der Waals surface area (Å²) < 4.78 is 33.5. The summed E-state index contributed by atoms with van der Waals surface area (Å²) in [6, 6.07) is 0. The van der Waals surface area contributed by atoms with Crippen molar-refractivity contribution in [1.29, 1.82) is 0 Å². The van der Waals surface area contributed by atoms with Crippen LogP contribution in [0, 0.1) is 0 Å². The third kappa shape index (κ3) is 28.5. The van der Waals surface area contributed by atoms with Crippen molar-refractivity contribution < 1.29 is 63.1 Å². The van der Waals surface area contributed by atoms with E-state index in [1.165, 1.54) is 83.5 Å². The molecule has 1 rings (SSSR count). The van der Waals surface area contributed by atoms with Crippen LogP contribution < -0.4 is 0 Å². The summed E-state index contributed by atoms with van der Waals surface area (Å²) in [5.41, 5.74) is 0. The number of hydrogen-bond donors (Lipinski definition) is 6. The largest absolute Gasteiger partial charge is 0.472 e. The number of carbonyl (C=O) groups is 2. The van der Waals surface area contributed by atoms with Gasteiger partial charge in [0.25, 0.3) is 0 Å². The molecule has 14 heteroatoms. The van der Waals surface area contributed by atoms with Crippen LogP contribution in [0.2, 0.25) is 0 Å². The van der Waals surface area contributed by atoms with E-state index in [4.69, 9.17) is 18.5 Å². The van der Waals surface area contributed by atoms with Crippen molar-refractivity contribution in [1.82, 2.24) is 0 Å². The number of ether oxygens (including phenoxy) is 2. The Morgan fingerprint density at radius 2 is 0.881 bits per heavy atom. The Morgan fingerprint density at radius 1 is 0.508 bits per heavy atom. The van der Waals surface area contributed by atoms with Crippen LogP contribution in [0.3, 0.4) is 0 Å². The Bertz CT molecular complexity index is 1130. The van der Waals surface area contributed by atoms with Crippen LogP contribution in [0.15, 0.2) is 24.3 Å². The van der Waals surface area contributed by atoms with Crippen LogP contribution >= 0.6 is 7.82 Å². The zero-order valence-electron chi connectivity index (χ0n) is 36.6. The van der Waals surface area contributed by atoms with Crippen molar-refractivity contribution >= 4 is 19.8 Å². The van der Waals surface area contributed by atoms with Crippen LogP contribution in [-0.2, 0) is 32.7 Å². The van der Waals surface area contributed by atoms with Gasteiger partial charge in [0, 0.05) is 12.8 Å². The van der Waals surface area contributed by atoms with Gasteiger partial charge in [-0.15, -0.1) is 0 Å². The molecule has 1 aliphatic carbocycles. The molecule has 13 nitrogen and oxygen atoms in total. The first-order valence-electron chi connectivity index (χ1n) is 23.1. The first-order chi connectivity index (χ1) is 28.4. The van der Waals surface area contributed by atoms with Crippen LogP contribution in [0.4, 0.5) is 0 Å². The number of esters is 2. The molecule has 1 saturated carbocycles. The molecular weight excluding hydrogens is 779 g/mol. The van der Waals surface area contributed by atoms with E-state index >= 15 is 0 Å². The molecule has 0 aromatic rings. The third-order valence-electron chi connectivity index (χ3n) is 10.8. The standard InChI is InChI=1S/C45H83O13P/c1-3-5-7-9-11-13-15-16-17-18-19-20-21-22-24-26-28-30-32-34-39(47)57-37(35-55-38(46)33-31-29-27-25-23-14-12-10-8-6-4-2)36-56-59(53,54)58-45-43(51)41(49)40(48)42(50)44(45)52/h10,12,16-17,37,40-45,48-52H,3-9,11,13-15,18-36H2,1-2H3,(H,53,54)/b12-10-,17-16-. The van der Waals surface area contributed by atoms with Crippen LogP contribution in [0.1, 0.15) is 194 Å². The highest BCUT2D eigenvalue weighted by molar-refractivity contribution is 7.47. The Kier molecular flexibility index (Phi) is 33.7. The SMILES string of the molecule is CCCC/C=C\CCCCCCCC(=O)OCC(COP(=O)(O)OC1C(O)C(O)C(O)C(O)C1O)OC(=O)CCCCCCCCCCC/C=C\CCCCCCCC. The molecule has 346 valence electrons. The maximum Gasteiger partial charge on any atom is 0.472 e. The molecule has 0 aromatic heterocycles. The Balaban J connectivity index is 2.43. The number of hydrogen-bond acceptors (Lipinski definition) is 12. The highest BCUT2D eigenvalue weighted by Crippen LogP contribution is 2.47. The number of carbonyl (C=O) groups excluding carboxylic acids is 2. The van der Waals surface area contributed by atoms with Crippen molar-refractivity contribution in [3.05, 3.63) is 24.3 Å². The molecule has 6 N–H and O–H groups in total. The summed E-state index contributed by atoms with van der Waals surface area (Å²) in [7, 11) is -5.11. The van der Waals surface area contributed by atoms with Crippen molar-refractivity contribution in [2.24, 2.45) is 0 Å². The molecule has 0 heterocycles. The van der Waals surface area contributed by atoms with E-state index in [-0.39, 0.29) is 12.8 Å². The second kappa shape index (κ2) is 35.9. The maximum absolute atomic E-state index is 12.8. The molecule has 1 fully saturated rings. The third-order valence-corrected chi connectivity index (χ3v) is 11.8. The lowest BCUT2D eigenvalue weighted by molar-refractivity contribution is -0.220. The Hall–Kier alpha value is -1.67. The zero-order valence-corrected chi connectivity index (χ0v) is 37.4. The molecule has 0 aromatic carbocycles. The molecule has 0 aliphatic heterocycles. The number of phosphoric acid groups is 1. The summed E-state index contributed by atoms with van der Waals surface area (Å²) in [4.78, 5) is 35.6. The van der Waals surface area contributed by atoms with E-state index in [1.54, 1.807) is 0 Å². The summed E-state index contributed by atoms with van der Waals surface area (Å²) in [6.45, 7) is 3.25. The monoisotopic (exact) mass is 863 g/mol.